The van der Waals surface area contributed by atoms with Gasteiger partial charge in [0, 0.05) is 11.6 Å². The van der Waals surface area contributed by atoms with Crippen molar-refractivity contribution in [3.05, 3.63) is 89.6 Å². The van der Waals surface area contributed by atoms with Crippen LogP contribution < -0.4 is 10.2 Å². The molecule has 3 rings (SSSR count). The highest BCUT2D eigenvalue weighted by molar-refractivity contribution is 14.1. The van der Waals surface area contributed by atoms with E-state index in [0.717, 1.165) is 25.4 Å². The monoisotopic (exact) mass is 577 g/mol. The first-order chi connectivity index (χ1) is 14.5. The predicted octanol–water partition coefficient (Wildman–Crippen LogP) is 5.25. The largest absolute Gasteiger partial charge is 0.487 e. The number of rotatable bonds is 7. The van der Waals surface area contributed by atoms with Gasteiger partial charge < -0.3 is 4.74 Å². The van der Waals surface area contributed by atoms with E-state index in [0.29, 0.717) is 17.1 Å². The van der Waals surface area contributed by atoms with Crippen molar-refractivity contribution in [2.75, 3.05) is 5.43 Å². The minimum Gasteiger partial charge on any atom is -0.487 e. The molecule has 0 aliphatic heterocycles. The first kappa shape index (κ1) is 21.7. The first-order valence-electron chi connectivity index (χ1n) is 8.47. The molecule has 8 nitrogen and oxygen atoms in total. The minimum atomic E-state index is -0.512. The maximum Gasteiger partial charge on any atom is 0.287 e. The number of nitrogens with one attached hydrogen (secondary N) is 1. The van der Waals surface area contributed by atoms with Gasteiger partial charge in [-0.25, -0.2) is 4.98 Å². The van der Waals surface area contributed by atoms with Gasteiger partial charge in [-0.3, -0.25) is 15.5 Å². The van der Waals surface area contributed by atoms with Crippen LogP contribution in [-0.4, -0.2) is 16.1 Å². The third kappa shape index (κ3) is 5.52. The van der Waals surface area contributed by atoms with E-state index in [-0.39, 0.29) is 12.3 Å². The summed E-state index contributed by atoms with van der Waals surface area (Å²) >= 11 is 5.68. The fourth-order valence-corrected chi connectivity index (χ4v) is 4.20. The minimum absolute atomic E-state index is 0.0870. The molecule has 0 saturated heterocycles. The maximum absolute atomic E-state index is 10.6. The lowest BCUT2D eigenvalue weighted by Crippen LogP contribution is -2.01. The van der Waals surface area contributed by atoms with E-state index in [2.05, 4.69) is 60.1 Å². The maximum atomic E-state index is 10.6. The molecule has 2 aromatic carbocycles. The van der Waals surface area contributed by atoms with Crippen LogP contribution in [0.4, 0.5) is 11.5 Å². The normalized spacial score (nSPS) is 10.6. The van der Waals surface area contributed by atoms with Crippen LogP contribution in [0.25, 0.3) is 0 Å². The van der Waals surface area contributed by atoms with Crippen LogP contribution in [0.15, 0.2) is 64.3 Å². The number of hydrogen-bond acceptors (Lipinski definition) is 7. The summed E-state index contributed by atoms with van der Waals surface area (Å²) in [5.41, 5.74) is 4.85. The Bertz CT molecular complexity index is 1120. The molecule has 10 heteroatoms. The zero-order valence-electron chi connectivity index (χ0n) is 15.3. The van der Waals surface area contributed by atoms with Crippen LogP contribution in [0, 0.1) is 25.0 Å². The van der Waals surface area contributed by atoms with Gasteiger partial charge >= 0.3 is 0 Å². The number of anilines is 1. The molecule has 1 aromatic heterocycles. The average Bonchev–Trinajstić information content (AvgIpc) is 2.74. The van der Waals surface area contributed by atoms with Gasteiger partial charge in [-0.05, 0) is 68.3 Å². The molecule has 0 bridgehead atoms. The number of nitriles is 1. The molecule has 0 aliphatic rings. The zero-order valence-corrected chi connectivity index (χ0v) is 19.0. The Hall–Kier alpha value is -3.04. The Morgan fingerprint density at radius 3 is 2.80 bits per heavy atom. The Labute approximate surface area is 194 Å². The lowest BCUT2D eigenvalue weighted by molar-refractivity contribution is -0.385. The molecule has 0 aliphatic carbocycles. The molecule has 0 fully saturated rings. The van der Waals surface area contributed by atoms with E-state index >= 15 is 0 Å². The van der Waals surface area contributed by atoms with Gasteiger partial charge in [-0.1, -0.05) is 18.2 Å². The SMILES string of the molecule is N#Cc1ccccc1COc1c(Br)cc(/C=N/Nc2ccc([N+](=O)[O-])cn2)cc1I. The molecule has 1 N–H and O–H groups in total. The van der Waals surface area contributed by atoms with E-state index in [9.17, 15) is 15.4 Å². The third-order valence-electron chi connectivity index (χ3n) is 3.88. The van der Waals surface area contributed by atoms with E-state index in [1.807, 2.05) is 30.3 Å². The molecule has 0 atom stereocenters. The molecular formula is C20H13BrIN5O3. The molecule has 0 spiro atoms. The Morgan fingerprint density at radius 1 is 1.33 bits per heavy atom. The van der Waals surface area contributed by atoms with Gasteiger partial charge in [0.1, 0.15) is 24.4 Å². The van der Waals surface area contributed by atoms with Crippen LogP contribution in [-0.2, 0) is 6.61 Å². The van der Waals surface area contributed by atoms with Crippen molar-refractivity contribution < 1.29 is 9.66 Å². The van der Waals surface area contributed by atoms with Crippen molar-refractivity contribution in [2.45, 2.75) is 6.61 Å². The highest BCUT2D eigenvalue weighted by atomic mass is 127. The highest BCUT2D eigenvalue weighted by Crippen LogP contribution is 2.32. The number of ether oxygens (including phenoxy) is 1. The summed E-state index contributed by atoms with van der Waals surface area (Å²) in [4.78, 5) is 14.1. The van der Waals surface area contributed by atoms with Crippen LogP contribution in [0.1, 0.15) is 16.7 Å². The summed E-state index contributed by atoms with van der Waals surface area (Å²) < 4.78 is 7.54. The third-order valence-corrected chi connectivity index (χ3v) is 5.27. The zero-order chi connectivity index (χ0) is 21.5. The Morgan fingerprint density at radius 2 is 2.13 bits per heavy atom. The topological polar surface area (TPSA) is 113 Å². The standard InChI is InChI=1S/C20H13BrIN5O3/c21-17-7-13(10-25-26-19-6-5-16(11-24-19)27(28)29)8-18(22)20(17)30-12-15-4-2-1-3-14(15)9-23/h1-8,10-11H,12H2,(H,24,26)/b25-10+. The van der Waals surface area contributed by atoms with E-state index < -0.39 is 4.92 Å². The predicted molar refractivity (Wildman–Crippen MR) is 124 cm³/mol. The second kappa shape index (κ2) is 10.1. The van der Waals surface area contributed by atoms with Crippen molar-refractivity contribution >= 4 is 56.2 Å². The number of benzene rings is 2. The number of hydrazone groups is 1. The van der Waals surface area contributed by atoms with Gasteiger partial charge in [0.05, 0.1) is 30.8 Å². The number of nitro groups is 1. The Balaban J connectivity index is 1.67. The molecular weight excluding hydrogens is 565 g/mol. The summed E-state index contributed by atoms with van der Waals surface area (Å²) in [6.07, 6.45) is 2.76. The highest BCUT2D eigenvalue weighted by Gasteiger charge is 2.10. The summed E-state index contributed by atoms with van der Waals surface area (Å²) in [5, 5.41) is 23.9. The average molecular weight is 578 g/mol. The van der Waals surface area contributed by atoms with Gasteiger partial charge in [-0.2, -0.15) is 10.4 Å². The number of nitrogens with zero attached hydrogens (tertiary/aromatic N) is 4. The van der Waals surface area contributed by atoms with E-state index in [1.54, 1.807) is 12.3 Å². The van der Waals surface area contributed by atoms with Crippen molar-refractivity contribution in [3.63, 3.8) is 0 Å². The van der Waals surface area contributed by atoms with Crippen molar-refractivity contribution in [3.8, 4) is 11.8 Å². The summed E-state index contributed by atoms with van der Waals surface area (Å²) in [5.74, 6) is 1.06. The second-order valence-electron chi connectivity index (χ2n) is 5.90. The van der Waals surface area contributed by atoms with Gasteiger partial charge in [0.15, 0.2) is 0 Å². The van der Waals surface area contributed by atoms with Crippen molar-refractivity contribution in [1.82, 2.24) is 4.98 Å². The van der Waals surface area contributed by atoms with Gasteiger partial charge in [0.25, 0.3) is 5.69 Å². The molecule has 1 heterocycles. The summed E-state index contributed by atoms with van der Waals surface area (Å²) in [6.45, 7) is 0.277. The van der Waals surface area contributed by atoms with Gasteiger partial charge in [0.2, 0.25) is 0 Å². The van der Waals surface area contributed by atoms with Crippen LogP contribution in [0.2, 0.25) is 0 Å². The molecule has 150 valence electrons. The summed E-state index contributed by atoms with van der Waals surface area (Å²) in [6, 6.07) is 16.0. The molecule has 3 aromatic rings. The van der Waals surface area contributed by atoms with Crippen molar-refractivity contribution in [2.24, 2.45) is 5.10 Å². The van der Waals surface area contributed by atoms with Crippen molar-refractivity contribution in [1.29, 1.82) is 5.26 Å². The quantitative estimate of drug-likeness (QED) is 0.177. The lowest BCUT2D eigenvalue weighted by atomic mass is 10.1. The van der Waals surface area contributed by atoms with Crippen LogP contribution >= 0.6 is 38.5 Å². The fourth-order valence-electron chi connectivity index (χ4n) is 2.43. The fraction of sp³-hybridized carbons (Fsp3) is 0.0500. The molecule has 0 amide bonds. The second-order valence-corrected chi connectivity index (χ2v) is 7.92. The number of aromatic nitrogens is 1. The van der Waals surface area contributed by atoms with Crippen LogP contribution in [0.3, 0.4) is 0 Å². The van der Waals surface area contributed by atoms with Gasteiger partial charge in [-0.15, -0.1) is 0 Å². The first-order valence-corrected chi connectivity index (χ1v) is 10.3. The Kier molecular flexibility index (Phi) is 7.31. The molecule has 30 heavy (non-hydrogen) atoms. The number of hydrogen-bond donors (Lipinski definition) is 1. The lowest BCUT2D eigenvalue weighted by Gasteiger charge is -2.12. The molecule has 0 saturated carbocycles. The smallest absolute Gasteiger partial charge is 0.287 e. The summed E-state index contributed by atoms with van der Waals surface area (Å²) in [7, 11) is 0. The van der Waals surface area contributed by atoms with E-state index in [4.69, 9.17) is 4.74 Å². The van der Waals surface area contributed by atoms with E-state index in [1.165, 1.54) is 12.1 Å². The molecule has 0 radical (unpaired) electrons. The number of halogens is 2. The van der Waals surface area contributed by atoms with Crippen LogP contribution in [0.5, 0.6) is 5.75 Å². The number of pyridine rings is 1. The molecule has 0 unspecified atom stereocenters.